The van der Waals surface area contributed by atoms with E-state index in [0.29, 0.717) is 0 Å². The highest BCUT2D eigenvalue weighted by atomic mass is 15.0. The standard InChI is InChI=1S/C7H7N3.C2H6/c1-6-4-10-5-8-2-7(10)3-9-6;1-2/h2-5H,1H3;1-2H3. The molecule has 12 heavy (non-hydrogen) atoms. The Morgan fingerprint density at radius 1 is 1.25 bits per heavy atom. The summed E-state index contributed by atoms with van der Waals surface area (Å²) in [4.78, 5) is 8.08. The van der Waals surface area contributed by atoms with Crippen molar-refractivity contribution >= 4 is 5.52 Å². The van der Waals surface area contributed by atoms with Gasteiger partial charge in [0.2, 0.25) is 0 Å². The van der Waals surface area contributed by atoms with Crippen LogP contribution in [0.25, 0.3) is 5.52 Å². The highest BCUT2D eigenvalue weighted by molar-refractivity contribution is 5.41. The van der Waals surface area contributed by atoms with Crippen LogP contribution in [0.3, 0.4) is 0 Å². The van der Waals surface area contributed by atoms with Gasteiger partial charge in [-0.15, -0.1) is 0 Å². The maximum Gasteiger partial charge on any atom is 0.0993 e. The van der Waals surface area contributed by atoms with Crippen LogP contribution in [0, 0.1) is 6.92 Å². The van der Waals surface area contributed by atoms with E-state index < -0.39 is 0 Å². The summed E-state index contributed by atoms with van der Waals surface area (Å²) in [7, 11) is 0. The van der Waals surface area contributed by atoms with Crippen molar-refractivity contribution in [1.29, 1.82) is 0 Å². The molecule has 3 heteroatoms. The number of aromatic nitrogens is 3. The topological polar surface area (TPSA) is 30.2 Å². The van der Waals surface area contributed by atoms with E-state index in [0.717, 1.165) is 11.2 Å². The van der Waals surface area contributed by atoms with Crippen LogP contribution < -0.4 is 0 Å². The molecule has 2 aromatic rings. The molecule has 64 valence electrons. The third-order valence-corrected chi connectivity index (χ3v) is 1.42. The smallest absolute Gasteiger partial charge is 0.0993 e. The highest BCUT2D eigenvalue weighted by Crippen LogP contribution is 1.99. The maximum absolute atomic E-state index is 4.12. The molecule has 0 saturated heterocycles. The second-order valence-corrected chi connectivity index (χ2v) is 2.25. The Labute approximate surface area is 72.1 Å². The molecule has 0 fully saturated rings. The molecule has 0 N–H and O–H groups in total. The number of aryl methyl sites for hydroxylation is 1. The first-order chi connectivity index (χ1) is 5.86. The van der Waals surface area contributed by atoms with Crippen LogP contribution in [-0.2, 0) is 0 Å². The summed E-state index contributed by atoms with van der Waals surface area (Å²) in [6.07, 6.45) is 7.31. The Bertz CT molecular complexity index is 351. The molecule has 2 heterocycles. The van der Waals surface area contributed by atoms with Crippen molar-refractivity contribution in [3.05, 3.63) is 30.6 Å². The van der Waals surface area contributed by atoms with E-state index in [1.807, 2.05) is 37.6 Å². The summed E-state index contributed by atoms with van der Waals surface area (Å²) in [5.41, 5.74) is 2.04. The quantitative estimate of drug-likeness (QED) is 0.595. The van der Waals surface area contributed by atoms with Gasteiger partial charge in [0.15, 0.2) is 0 Å². The van der Waals surface area contributed by atoms with Crippen molar-refractivity contribution in [3.8, 4) is 0 Å². The van der Waals surface area contributed by atoms with Crippen molar-refractivity contribution in [2.75, 3.05) is 0 Å². The summed E-state index contributed by atoms with van der Waals surface area (Å²) in [6, 6.07) is 0. The summed E-state index contributed by atoms with van der Waals surface area (Å²) in [6.45, 7) is 5.96. The van der Waals surface area contributed by atoms with Crippen LogP contribution in [-0.4, -0.2) is 14.4 Å². The number of fused-ring (bicyclic) bond motifs is 1. The Morgan fingerprint density at radius 3 is 2.75 bits per heavy atom. The minimum Gasteiger partial charge on any atom is -0.303 e. The Morgan fingerprint density at radius 2 is 2.00 bits per heavy atom. The molecule has 0 aliphatic heterocycles. The van der Waals surface area contributed by atoms with Gasteiger partial charge in [-0.05, 0) is 6.92 Å². The van der Waals surface area contributed by atoms with Crippen molar-refractivity contribution in [1.82, 2.24) is 14.4 Å². The van der Waals surface area contributed by atoms with E-state index in [1.165, 1.54) is 0 Å². The lowest BCUT2D eigenvalue weighted by atomic mass is 10.5. The zero-order chi connectivity index (χ0) is 8.97. The minimum absolute atomic E-state index is 1.01. The largest absolute Gasteiger partial charge is 0.303 e. The zero-order valence-corrected chi connectivity index (χ0v) is 7.65. The molecule has 0 radical (unpaired) electrons. The number of nitrogens with zero attached hydrogens (tertiary/aromatic N) is 3. The van der Waals surface area contributed by atoms with Gasteiger partial charge in [-0.3, -0.25) is 4.98 Å². The van der Waals surface area contributed by atoms with Crippen LogP contribution >= 0.6 is 0 Å². The van der Waals surface area contributed by atoms with Gasteiger partial charge in [0, 0.05) is 6.20 Å². The molecule has 0 aliphatic carbocycles. The van der Waals surface area contributed by atoms with Gasteiger partial charge in [-0.25, -0.2) is 4.98 Å². The number of imidazole rings is 1. The molecule has 0 aliphatic rings. The second kappa shape index (κ2) is 3.85. The minimum atomic E-state index is 1.01. The zero-order valence-electron chi connectivity index (χ0n) is 7.65. The van der Waals surface area contributed by atoms with E-state index >= 15 is 0 Å². The normalized spacial score (nSPS) is 9.25. The molecule has 0 amide bonds. The third-order valence-electron chi connectivity index (χ3n) is 1.42. The number of rotatable bonds is 0. The molecule has 0 spiro atoms. The SMILES string of the molecule is CC.Cc1cn2cncc2cn1. The molecule has 0 saturated carbocycles. The van der Waals surface area contributed by atoms with Crippen LogP contribution in [0.4, 0.5) is 0 Å². The van der Waals surface area contributed by atoms with Gasteiger partial charge in [0.25, 0.3) is 0 Å². The van der Waals surface area contributed by atoms with Gasteiger partial charge < -0.3 is 4.40 Å². The first-order valence-corrected chi connectivity index (χ1v) is 4.10. The monoisotopic (exact) mass is 163 g/mol. The van der Waals surface area contributed by atoms with Crippen LogP contribution in [0.15, 0.2) is 24.9 Å². The number of hydrogen-bond donors (Lipinski definition) is 0. The second-order valence-electron chi connectivity index (χ2n) is 2.25. The maximum atomic E-state index is 4.12. The van der Waals surface area contributed by atoms with Crippen LogP contribution in [0.5, 0.6) is 0 Å². The van der Waals surface area contributed by atoms with Gasteiger partial charge in [-0.1, -0.05) is 13.8 Å². The van der Waals surface area contributed by atoms with E-state index in [2.05, 4.69) is 9.97 Å². The van der Waals surface area contributed by atoms with E-state index in [1.54, 1.807) is 12.5 Å². The third kappa shape index (κ3) is 1.61. The molecule has 0 atom stereocenters. The molecular formula is C9H13N3. The lowest BCUT2D eigenvalue weighted by molar-refractivity contribution is 1.07. The van der Waals surface area contributed by atoms with Gasteiger partial charge in [0.1, 0.15) is 0 Å². The van der Waals surface area contributed by atoms with E-state index in [-0.39, 0.29) is 0 Å². The summed E-state index contributed by atoms with van der Waals surface area (Å²) in [5, 5.41) is 0. The average Bonchev–Trinajstić information content (AvgIpc) is 2.54. The van der Waals surface area contributed by atoms with Gasteiger partial charge >= 0.3 is 0 Å². The molecule has 0 unspecified atom stereocenters. The summed E-state index contributed by atoms with van der Waals surface area (Å²) >= 11 is 0. The fraction of sp³-hybridized carbons (Fsp3) is 0.333. The molecular weight excluding hydrogens is 150 g/mol. The molecule has 0 bridgehead atoms. The summed E-state index contributed by atoms with van der Waals surface area (Å²) in [5.74, 6) is 0. The fourth-order valence-corrected chi connectivity index (χ4v) is 0.925. The van der Waals surface area contributed by atoms with Crippen molar-refractivity contribution in [3.63, 3.8) is 0 Å². The average molecular weight is 163 g/mol. The Balaban J connectivity index is 0.000000336. The molecule has 0 aromatic carbocycles. The van der Waals surface area contributed by atoms with Crippen molar-refractivity contribution in [2.24, 2.45) is 0 Å². The first kappa shape index (κ1) is 8.71. The van der Waals surface area contributed by atoms with Gasteiger partial charge in [-0.2, -0.15) is 0 Å². The lowest BCUT2D eigenvalue weighted by Crippen LogP contribution is -1.86. The molecule has 3 nitrogen and oxygen atoms in total. The van der Waals surface area contributed by atoms with E-state index in [9.17, 15) is 0 Å². The van der Waals surface area contributed by atoms with Gasteiger partial charge in [0.05, 0.1) is 29.9 Å². The van der Waals surface area contributed by atoms with Crippen LogP contribution in [0.2, 0.25) is 0 Å². The predicted molar refractivity (Wildman–Crippen MR) is 49.1 cm³/mol. The predicted octanol–water partition coefficient (Wildman–Crippen LogP) is 2.06. The molecule has 2 aromatic heterocycles. The Hall–Kier alpha value is -1.38. The highest BCUT2D eigenvalue weighted by Gasteiger charge is 1.90. The molecule has 2 rings (SSSR count). The summed E-state index contributed by atoms with van der Waals surface area (Å²) < 4.78 is 1.95. The van der Waals surface area contributed by atoms with Crippen LogP contribution in [0.1, 0.15) is 19.5 Å². The van der Waals surface area contributed by atoms with Crippen molar-refractivity contribution in [2.45, 2.75) is 20.8 Å². The van der Waals surface area contributed by atoms with Crippen molar-refractivity contribution < 1.29 is 0 Å². The number of hydrogen-bond acceptors (Lipinski definition) is 2. The van der Waals surface area contributed by atoms with E-state index in [4.69, 9.17) is 0 Å². The fourth-order valence-electron chi connectivity index (χ4n) is 0.925. The first-order valence-electron chi connectivity index (χ1n) is 4.10. The Kier molecular flexibility index (Phi) is 2.80. The lowest BCUT2D eigenvalue weighted by Gasteiger charge is -1.92.